The summed E-state index contributed by atoms with van der Waals surface area (Å²) in [6.07, 6.45) is 4.78. The van der Waals surface area contributed by atoms with Gasteiger partial charge in [0.05, 0.1) is 0 Å². The Hall–Kier alpha value is -1.26. The second-order valence-corrected chi connectivity index (χ2v) is 6.03. The minimum Gasteiger partial charge on any atom is -0.132 e. The first-order valence-corrected chi connectivity index (χ1v) is 7.70. The Morgan fingerprint density at radius 3 is 2.67 bits per heavy atom. The van der Waals surface area contributed by atoms with Crippen LogP contribution >= 0.6 is 8.19 Å². The molecule has 0 spiro atoms. The monoisotopic (exact) mass is 253 g/mol. The standard InChI is InChI=1S/C17H18P/c1-3-6-15-14-8-5-4-7-13(14)11-16(15)17-12(2)9-10-18-17/h4-5,7-11,18H,3,6H2,1-2H3. The second-order valence-electron chi connectivity index (χ2n) is 4.91. The van der Waals surface area contributed by atoms with Crippen molar-refractivity contribution >= 4 is 19.3 Å². The lowest BCUT2D eigenvalue weighted by molar-refractivity contribution is 0.976. The fourth-order valence-electron chi connectivity index (χ4n) is 2.77. The molecule has 2 aromatic rings. The van der Waals surface area contributed by atoms with E-state index in [-0.39, 0.29) is 0 Å². The highest BCUT2D eigenvalue weighted by Crippen LogP contribution is 2.45. The molecular formula is C17H18P. The van der Waals surface area contributed by atoms with E-state index < -0.39 is 0 Å². The molecule has 0 saturated carbocycles. The van der Waals surface area contributed by atoms with Crippen molar-refractivity contribution in [3.8, 4) is 0 Å². The highest BCUT2D eigenvalue weighted by molar-refractivity contribution is 7.31. The minimum absolute atomic E-state index is 0.842. The number of benzene rings is 1. The molecule has 1 radical (unpaired) electrons. The maximum absolute atomic E-state index is 2.39. The lowest BCUT2D eigenvalue weighted by Gasteiger charge is -2.07. The van der Waals surface area contributed by atoms with Crippen LogP contribution in [0.3, 0.4) is 0 Å². The van der Waals surface area contributed by atoms with Gasteiger partial charge >= 0.3 is 0 Å². The Morgan fingerprint density at radius 1 is 1.11 bits per heavy atom. The summed E-state index contributed by atoms with van der Waals surface area (Å²) >= 11 is 0. The Morgan fingerprint density at radius 2 is 1.94 bits per heavy atom. The predicted octanol–water partition coefficient (Wildman–Crippen LogP) is 5.30. The summed E-state index contributed by atoms with van der Waals surface area (Å²) in [5.41, 5.74) is 7.35. The number of hydrogen-bond acceptors (Lipinski definition) is 0. The average molecular weight is 253 g/mol. The van der Waals surface area contributed by atoms with Gasteiger partial charge in [-0.05, 0) is 52.3 Å². The van der Waals surface area contributed by atoms with Gasteiger partial charge in [-0.3, -0.25) is 0 Å². The van der Waals surface area contributed by atoms with Gasteiger partial charge in [0, 0.05) is 6.42 Å². The second kappa shape index (κ2) is 4.78. The van der Waals surface area contributed by atoms with Crippen LogP contribution in [0.25, 0.3) is 11.1 Å². The lowest BCUT2D eigenvalue weighted by atomic mass is 10.00. The summed E-state index contributed by atoms with van der Waals surface area (Å²) in [7, 11) is 0.842. The summed E-state index contributed by atoms with van der Waals surface area (Å²) in [6, 6.07) is 11.1. The molecule has 91 valence electrons. The topological polar surface area (TPSA) is 0 Å². The van der Waals surface area contributed by atoms with Crippen LogP contribution in [0.5, 0.6) is 0 Å². The number of hydrogen-bond donors (Lipinski definition) is 0. The van der Waals surface area contributed by atoms with Gasteiger partial charge in [-0.25, -0.2) is 0 Å². The number of allylic oxidation sites excluding steroid dienone is 2. The summed E-state index contributed by atoms with van der Waals surface area (Å²) in [6.45, 7) is 4.50. The molecular weight excluding hydrogens is 235 g/mol. The molecule has 1 aromatic heterocycles. The third-order valence-corrected chi connectivity index (χ3v) is 4.92. The first-order valence-electron chi connectivity index (χ1n) is 6.63. The summed E-state index contributed by atoms with van der Waals surface area (Å²) in [4.78, 5) is 0. The van der Waals surface area contributed by atoms with Crippen molar-refractivity contribution in [3.63, 3.8) is 0 Å². The van der Waals surface area contributed by atoms with Crippen LogP contribution in [0.1, 0.15) is 41.8 Å². The van der Waals surface area contributed by atoms with Crippen molar-refractivity contribution in [1.82, 2.24) is 0 Å². The van der Waals surface area contributed by atoms with Crippen LogP contribution < -0.4 is 0 Å². The van der Waals surface area contributed by atoms with Gasteiger partial charge < -0.3 is 0 Å². The summed E-state index contributed by atoms with van der Waals surface area (Å²) < 4.78 is 0. The van der Waals surface area contributed by atoms with Crippen LogP contribution in [0.2, 0.25) is 0 Å². The molecule has 1 atom stereocenters. The lowest BCUT2D eigenvalue weighted by Crippen LogP contribution is -1.84. The number of rotatable bonds is 3. The molecule has 0 fully saturated rings. The molecule has 3 rings (SSSR count). The largest absolute Gasteiger partial charge is 0.132 e. The molecule has 1 aliphatic carbocycles. The average Bonchev–Trinajstić information content (AvgIpc) is 2.94. The molecule has 0 bridgehead atoms. The maximum atomic E-state index is 2.39. The summed E-state index contributed by atoms with van der Waals surface area (Å²) in [5.74, 6) is 2.30. The van der Waals surface area contributed by atoms with Crippen molar-refractivity contribution in [2.45, 2.75) is 26.7 Å². The van der Waals surface area contributed by atoms with E-state index >= 15 is 0 Å². The Kier molecular flexibility index (Phi) is 3.14. The van der Waals surface area contributed by atoms with E-state index in [1.165, 1.54) is 35.1 Å². The van der Waals surface area contributed by atoms with Crippen LogP contribution in [0, 0.1) is 13.3 Å². The van der Waals surface area contributed by atoms with Gasteiger partial charge in [-0.2, -0.15) is 0 Å². The van der Waals surface area contributed by atoms with Gasteiger partial charge in [-0.15, -0.1) is 8.19 Å². The van der Waals surface area contributed by atoms with Crippen molar-refractivity contribution in [2.75, 3.05) is 0 Å². The Bertz CT molecular complexity index is 602. The van der Waals surface area contributed by atoms with Crippen molar-refractivity contribution in [3.05, 3.63) is 64.5 Å². The quantitative estimate of drug-likeness (QED) is 0.696. The highest BCUT2D eigenvalue weighted by atomic mass is 31.0. The zero-order chi connectivity index (χ0) is 12.5. The molecule has 1 unspecified atom stereocenters. The first-order chi connectivity index (χ1) is 8.81. The van der Waals surface area contributed by atoms with Gasteiger partial charge in [0.25, 0.3) is 0 Å². The molecule has 0 aliphatic heterocycles. The molecule has 0 saturated heterocycles. The molecule has 1 heterocycles. The normalized spacial score (nSPS) is 14.6. The molecule has 0 nitrogen and oxygen atoms in total. The van der Waals surface area contributed by atoms with Crippen LogP contribution in [0.15, 0.2) is 36.1 Å². The van der Waals surface area contributed by atoms with E-state index in [1.54, 1.807) is 10.9 Å². The zero-order valence-electron chi connectivity index (χ0n) is 11.0. The van der Waals surface area contributed by atoms with Crippen LogP contribution in [-0.2, 0) is 0 Å². The fraction of sp³-hybridized carbons (Fsp3) is 0.235. The van der Waals surface area contributed by atoms with Gasteiger partial charge in [-0.1, -0.05) is 43.7 Å². The third kappa shape index (κ3) is 1.85. The van der Waals surface area contributed by atoms with Gasteiger partial charge in [0.1, 0.15) is 0 Å². The SMILES string of the molecule is CCCC1=C(c2[pH]ccc2C)[CH]c2ccccc21. The fourth-order valence-corrected chi connectivity index (χ4v) is 3.95. The third-order valence-electron chi connectivity index (χ3n) is 3.64. The highest BCUT2D eigenvalue weighted by Gasteiger charge is 2.22. The van der Waals surface area contributed by atoms with Crippen molar-refractivity contribution in [2.24, 2.45) is 0 Å². The molecule has 0 N–H and O–H groups in total. The van der Waals surface area contributed by atoms with Crippen molar-refractivity contribution < 1.29 is 0 Å². The first kappa shape index (κ1) is 11.8. The van der Waals surface area contributed by atoms with E-state index in [0.29, 0.717) is 0 Å². The molecule has 1 aliphatic rings. The van der Waals surface area contributed by atoms with Crippen LogP contribution in [0.4, 0.5) is 0 Å². The Labute approximate surface area is 111 Å². The van der Waals surface area contributed by atoms with Crippen molar-refractivity contribution in [1.29, 1.82) is 0 Å². The maximum Gasteiger partial charge on any atom is 0.0218 e. The van der Waals surface area contributed by atoms with E-state index in [2.05, 4.69) is 56.4 Å². The summed E-state index contributed by atoms with van der Waals surface area (Å²) in [5, 5.41) is 1.55. The molecule has 0 amide bonds. The van der Waals surface area contributed by atoms with E-state index in [4.69, 9.17) is 0 Å². The van der Waals surface area contributed by atoms with Gasteiger partial charge in [0.2, 0.25) is 0 Å². The van der Waals surface area contributed by atoms with Gasteiger partial charge in [0.15, 0.2) is 0 Å². The minimum atomic E-state index is 0.842. The number of fused-ring (bicyclic) bond motifs is 1. The molecule has 18 heavy (non-hydrogen) atoms. The molecule has 1 aromatic carbocycles. The van der Waals surface area contributed by atoms with E-state index in [9.17, 15) is 0 Å². The molecule has 1 heteroatoms. The van der Waals surface area contributed by atoms with E-state index in [0.717, 1.165) is 8.19 Å². The predicted molar refractivity (Wildman–Crippen MR) is 82.2 cm³/mol. The Balaban J connectivity index is 2.13. The smallest absolute Gasteiger partial charge is 0.0218 e. The van der Waals surface area contributed by atoms with Crippen LogP contribution in [-0.4, -0.2) is 0 Å². The zero-order valence-corrected chi connectivity index (χ0v) is 12.0. The van der Waals surface area contributed by atoms with E-state index in [1.807, 2.05) is 0 Å². The number of aryl methyl sites for hydroxylation is 1.